The Morgan fingerprint density at radius 1 is 1.18 bits per heavy atom. The third-order valence-corrected chi connectivity index (χ3v) is 5.80. The highest BCUT2D eigenvalue weighted by Crippen LogP contribution is 2.24. The van der Waals surface area contributed by atoms with Crippen molar-refractivity contribution >= 4 is 45.9 Å². The van der Waals surface area contributed by atoms with E-state index < -0.39 is 0 Å². The molecule has 0 aliphatic rings. The summed E-state index contributed by atoms with van der Waals surface area (Å²) >= 11 is 8.10. The molecular formula is C22H25ClN3OS+. The van der Waals surface area contributed by atoms with Crippen LogP contribution < -0.4 is 10.2 Å². The summed E-state index contributed by atoms with van der Waals surface area (Å²) in [7, 11) is 1.99. The molecule has 0 aliphatic carbocycles. The van der Waals surface area contributed by atoms with Crippen LogP contribution in [0.4, 0.5) is 5.69 Å². The molecule has 0 radical (unpaired) electrons. The number of rotatable bonds is 6. The molecular weight excluding hydrogens is 390 g/mol. The third-order valence-electron chi connectivity index (χ3n) is 4.75. The van der Waals surface area contributed by atoms with Crippen molar-refractivity contribution in [2.75, 3.05) is 25.2 Å². The minimum atomic E-state index is -0.00983. The van der Waals surface area contributed by atoms with E-state index in [0.29, 0.717) is 18.2 Å². The largest absolute Gasteiger partial charge is 0.326 e. The van der Waals surface area contributed by atoms with E-state index in [4.69, 9.17) is 11.6 Å². The van der Waals surface area contributed by atoms with Crippen LogP contribution in [0.25, 0.3) is 10.9 Å². The van der Waals surface area contributed by atoms with Gasteiger partial charge in [0.15, 0.2) is 6.54 Å². The standard InChI is InChI=1S/C22H24ClN3OS/c1-14-6-5-7-15(2)21(14)25-20(27)13-26(3)12-17-10-16-8-9-18(28-4)11-19(16)24-22(17)23/h5-11H,12-13H2,1-4H3,(H,25,27)/p+1. The first-order chi connectivity index (χ1) is 13.4. The van der Waals surface area contributed by atoms with Gasteiger partial charge in [0.05, 0.1) is 12.6 Å². The lowest BCUT2D eigenvalue weighted by atomic mass is 10.1. The predicted molar refractivity (Wildman–Crippen MR) is 119 cm³/mol. The molecule has 1 unspecified atom stereocenters. The second-order valence-corrected chi connectivity index (χ2v) is 8.36. The van der Waals surface area contributed by atoms with E-state index in [2.05, 4.69) is 28.5 Å². The Morgan fingerprint density at radius 2 is 1.89 bits per heavy atom. The van der Waals surface area contributed by atoms with Gasteiger partial charge in [0.2, 0.25) is 0 Å². The summed E-state index contributed by atoms with van der Waals surface area (Å²) in [6.45, 7) is 4.99. The predicted octanol–water partition coefficient (Wildman–Crippen LogP) is 3.88. The Bertz CT molecular complexity index is 1000. The number of aromatic nitrogens is 1. The lowest BCUT2D eigenvalue weighted by Crippen LogP contribution is -3.08. The van der Waals surface area contributed by atoms with Gasteiger partial charge in [0, 0.05) is 21.5 Å². The summed E-state index contributed by atoms with van der Waals surface area (Å²) in [5.41, 5.74) is 4.87. The van der Waals surface area contributed by atoms with Crippen LogP contribution in [0, 0.1) is 13.8 Å². The quantitative estimate of drug-likeness (QED) is 0.475. The van der Waals surface area contributed by atoms with Gasteiger partial charge in [-0.1, -0.05) is 35.9 Å². The number of benzene rings is 2. The average Bonchev–Trinajstić information content (AvgIpc) is 2.65. The molecule has 28 heavy (non-hydrogen) atoms. The zero-order chi connectivity index (χ0) is 20.3. The highest BCUT2D eigenvalue weighted by molar-refractivity contribution is 7.98. The summed E-state index contributed by atoms with van der Waals surface area (Å²) in [6, 6.07) is 14.3. The van der Waals surface area contributed by atoms with Gasteiger partial charge in [-0.05, 0) is 49.4 Å². The molecule has 0 spiro atoms. The molecule has 0 fully saturated rings. The van der Waals surface area contributed by atoms with Crippen LogP contribution >= 0.6 is 23.4 Å². The minimum absolute atomic E-state index is 0.00983. The lowest BCUT2D eigenvalue weighted by molar-refractivity contribution is -0.885. The molecule has 6 heteroatoms. The monoisotopic (exact) mass is 414 g/mol. The number of nitrogens with one attached hydrogen (secondary N) is 2. The number of para-hydroxylation sites is 1. The number of hydrogen-bond donors (Lipinski definition) is 2. The summed E-state index contributed by atoms with van der Waals surface area (Å²) in [5, 5.41) is 4.60. The smallest absolute Gasteiger partial charge is 0.279 e. The molecule has 1 aromatic heterocycles. The number of amides is 1. The van der Waals surface area contributed by atoms with Crippen LogP contribution in [0.5, 0.6) is 0 Å². The second-order valence-electron chi connectivity index (χ2n) is 7.12. The van der Waals surface area contributed by atoms with E-state index in [9.17, 15) is 4.79 Å². The molecule has 4 nitrogen and oxygen atoms in total. The van der Waals surface area contributed by atoms with Crippen molar-refractivity contribution in [2.45, 2.75) is 25.3 Å². The van der Waals surface area contributed by atoms with Crippen LogP contribution in [0.3, 0.4) is 0 Å². The molecule has 2 N–H and O–H groups in total. The molecule has 0 aliphatic heterocycles. The highest BCUT2D eigenvalue weighted by Gasteiger charge is 2.15. The molecule has 2 aromatic carbocycles. The number of thioether (sulfide) groups is 1. The maximum absolute atomic E-state index is 12.5. The SMILES string of the molecule is CSc1ccc2cc(C[NH+](C)CC(=O)Nc3c(C)cccc3C)c(Cl)nc2c1. The van der Waals surface area contributed by atoms with E-state index >= 15 is 0 Å². The van der Waals surface area contributed by atoms with Crippen LogP contribution in [0.1, 0.15) is 16.7 Å². The van der Waals surface area contributed by atoms with Gasteiger partial charge in [-0.15, -0.1) is 11.8 Å². The van der Waals surface area contributed by atoms with Crippen molar-refractivity contribution in [3.05, 3.63) is 64.3 Å². The molecule has 0 bridgehead atoms. The van der Waals surface area contributed by atoms with Crippen LogP contribution in [0.2, 0.25) is 5.15 Å². The number of pyridine rings is 1. The molecule has 0 saturated carbocycles. The van der Waals surface area contributed by atoms with E-state index in [1.165, 1.54) is 0 Å². The van der Waals surface area contributed by atoms with E-state index in [-0.39, 0.29) is 5.91 Å². The Balaban J connectivity index is 1.69. The van der Waals surface area contributed by atoms with Crippen molar-refractivity contribution < 1.29 is 9.69 Å². The average molecular weight is 415 g/mol. The van der Waals surface area contributed by atoms with Crippen molar-refractivity contribution in [3.8, 4) is 0 Å². The fourth-order valence-electron chi connectivity index (χ4n) is 3.28. The van der Waals surface area contributed by atoms with Crippen LogP contribution in [-0.2, 0) is 11.3 Å². The Morgan fingerprint density at radius 3 is 2.57 bits per heavy atom. The fourth-order valence-corrected chi connectivity index (χ4v) is 3.92. The number of anilines is 1. The summed E-state index contributed by atoms with van der Waals surface area (Å²) < 4.78 is 0. The van der Waals surface area contributed by atoms with Crippen molar-refractivity contribution in [1.82, 2.24) is 4.98 Å². The van der Waals surface area contributed by atoms with Crippen molar-refractivity contribution in [2.24, 2.45) is 0 Å². The molecule has 0 saturated heterocycles. The molecule has 1 heterocycles. The fraction of sp³-hybridized carbons (Fsp3) is 0.273. The van der Waals surface area contributed by atoms with E-state index in [1.807, 2.05) is 51.4 Å². The van der Waals surface area contributed by atoms with E-state index in [1.54, 1.807) is 11.8 Å². The minimum Gasteiger partial charge on any atom is -0.326 e. The Labute approximate surface area is 175 Å². The molecule has 1 atom stereocenters. The number of likely N-dealkylation sites (N-methyl/N-ethyl adjacent to an activating group) is 1. The number of halogens is 1. The second kappa shape index (κ2) is 8.95. The Hall–Kier alpha value is -2.08. The third kappa shape index (κ3) is 4.85. The van der Waals surface area contributed by atoms with Gasteiger partial charge >= 0.3 is 0 Å². The van der Waals surface area contributed by atoms with Crippen LogP contribution in [0.15, 0.2) is 47.4 Å². The highest BCUT2D eigenvalue weighted by atomic mass is 35.5. The number of nitrogens with zero attached hydrogens (tertiary/aromatic N) is 1. The first-order valence-electron chi connectivity index (χ1n) is 9.18. The number of carbonyl (C=O) groups excluding carboxylic acids is 1. The summed E-state index contributed by atoms with van der Waals surface area (Å²) in [6.07, 6.45) is 2.04. The van der Waals surface area contributed by atoms with Crippen molar-refractivity contribution in [1.29, 1.82) is 0 Å². The van der Waals surface area contributed by atoms with Gasteiger partial charge in [0.25, 0.3) is 5.91 Å². The lowest BCUT2D eigenvalue weighted by Gasteiger charge is -2.16. The zero-order valence-corrected chi connectivity index (χ0v) is 18.2. The molecule has 1 amide bonds. The number of fused-ring (bicyclic) bond motifs is 1. The topological polar surface area (TPSA) is 46.4 Å². The number of aryl methyl sites for hydroxylation is 2. The molecule has 3 rings (SSSR count). The first kappa shape index (κ1) is 20.6. The van der Waals surface area contributed by atoms with Gasteiger partial charge < -0.3 is 10.2 Å². The molecule has 146 valence electrons. The summed E-state index contributed by atoms with van der Waals surface area (Å²) in [5.74, 6) is -0.00983. The van der Waals surface area contributed by atoms with E-state index in [0.717, 1.165) is 43.1 Å². The number of carbonyl (C=O) groups is 1. The van der Waals surface area contributed by atoms with Gasteiger partial charge in [-0.2, -0.15) is 0 Å². The first-order valence-corrected chi connectivity index (χ1v) is 10.8. The summed E-state index contributed by atoms with van der Waals surface area (Å²) in [4.78, 5) is 19.3. The number of quaternary nitrogens is 1. The number of hydrogen-bond acceptors (Lipinski definition) is 3. The zero-order valence-electron chi connectivity index (χ0n) is 16.6. The molecule has 3 aromatic rings. The Kier molecular flexibility index (Phi) is 6.60. The van der Waals surface area contributed by atoms with Crippen molar-refractivity contribution in [3.63, 3.8) is 0 Å². The van der Waals surface area contributed by atoms with Gasteiger partial charge in [-0.3, -0.25) is 4.79 Å². The maximum atomic E-state index is 12.5. The normalized spacial score (nSPS) is 12.2. The van der Waals surface area contributed by atoms with Gasteiger partial charge in [0.1, 0.15) is 11.7 Å². The van der Waals surface area contributed by atoms with Crippen LogP contribution in [-0.4, -0.2) is 30.7 Å². The maximum Gasteiger partial charge on any atom is 0.279 e. The van der Waals surface area contributed by atoms with Gasteiger partial charge in [-0.25, -0.2) is 4.98 Å².